The predicted octanol–water partition coefficient (Wildman–Crippen LogP) is 6.46. The summed E-state index contributed by atoms with van der Waals surface area (Å²) < 4.78 is 11.1. The maximum atomic E-state index is 13.6. The molecule has 0 radical (unpaired) electrons. The van der Waals surface area contributed by atoms with Crippen molar-refractivity contribution in [3.8, 4) is 11.5 Å². The number of ether oxygens (including phenoxy) is 2. The van der Waals surface area contributed by atoms with Gasteiger partial charge in [-0.1, -0.05) is 54.6 Å². The zero-order chi connectivity index (χ0) is 23.2. The number of rotatable bonds is 7. The van der Waals surface area contributed by atoms with E-state index in [0.717, 1.165) is 16.8 Å². The number of thioether (sulfide) groups is 1. The highest BCUT2D eigenvalue weighted by molar-refractivity contribution is 8.18. The minimum Gasteiger partial charge on any atom is -0.493 e. The summed E-state index contributed by atoms with van der Waals surface area (Å²) in [6, 6.07) is 25.2. The molecule has 4 rings (SSSR count). The summed E-state index contributed by atoms with van der Waals surface area (Å²) in [5.74, 6) is 1.24. The highest BCUT2D eigenvalue weighted by atomic mass is 32.2. The minimum atomic E-state index is -0.158. The molecule has 0 saturated carbocycles. The fourth-order valence-corrected chi connectivity index (χ4v) is 4.67. The van der Waals surface area contributed by atoms with Gasteiger partial charge in [0.15, 0.2) is 16.7 Å². The van der Waals surface area contributed by atoms with Crippen LogP contribution in [0, 0.1) is 0 Å². The van der Waals surface area contributed by atoms with Gasteiger partial charge in [0.1, 0.15) is 0 Å². The third-order valence-electron chi connectivity index (χ3n) is 5.27. The molecule has 1 saturated heterocycles. The van der Waals surface area contributed by atoms with Crippen LogP contribution in [0.4, 0.5) is 5.69 Å². The van der Waals surface area contributed by atoms with Crippen LogP contribution in [-0.2, 0) is 4.79 Å². The fourth-order valence-electron chi connectivity index (χ4n) is 3.60. The first-order valence-electron chi connectivity index (χ1n) is 10.8. The van der Waals surface area contributed by atoms with Gasteiger partial charge in [0.05, 0.1) is 30.4 Å². The van der Waals surface area contributed by atoms with E-state index < -0.39 is 0 Å². The number of aliphatic imine (C=N–C) groups is 1. The average Bonchev–Trinajstić information content (AvgIpc) is 3.14. The van der Waals surface area contributed by atoms with E-state index in [1.54, 1.807) is 12.0 Å². The van der Waals surface area contributed by atoms with Gasteiger partial charge in [-0.05, 0) is 67.1 Å². The molecule has 1 atom stereocenters. The Hall–Kier alpha value is -3.51. The highest BCUT2D eigenvalue weighted by Gasteiger charge is 2.37. The lowest BCUT2D eigenvalue weighted by molar-refractivity contribution is -0.123. The Bertz CT molecular complexity index is 1180. The van der Waals surface area contributed by atoms with Crippen molar-refractivity contribution in [3.05, 3.63) is 94.9 Å². The topological polar surface area (TPSA) is 51.1 Å². The molecule has 6 heteroatoms. The number of amidine groups is 1. The molecule has 0 bridgehead atoms. The molecule has 0 aliphatic carbocycles. The van der Waals surface area contributed by atoms with Crippen molar-refractivity contribution in [1.29, 1.82) is 0 Å². The van der Waals surface area contributed by atoms with Crippen LogP contribution < -0.4 is 9.47 Å². The zero-order valence-corrected chi connectivity index (χ0v) is 19.7. The van der Waals surface area contributed by atoms with Gasteiger partial charge in [-0.2, -0.15) is 0 Å². The molecular formula is C27H26N2O3S. The number of carbonyl (C=O) groups excluding carboxylic acids is 1. The summed E-state index contributed by atoms with van der Waals surface area (Å²) in [5, 5.41) is 0.660. The first-order chi connectivity index (χ1) is 16.1. The molecule has 5 nitrogen and oxygen atoms in total. The first kappa shape index (κ1) is 22.7. The van der Waals surface area contributed by atoms with Crippen molar-refractivity contribution in [2.24, 2.45) is 4.99 Å². The second kappa shape index (κ2) is 10.4. The second-order valence-corrected chi connectivity index (χ2v) is 8.45. The summed E-state index contributed by atoms with van der Waals surface area (Å²) in [4.78, 5) is 20.7. The Morgan fingerprint density at radius 1 is 1.00 bits per heavy atom. The molecule has 33 heavy (non-hydrogen) atoms. The van der Waals surface area contributed by atoms with Crippen LogP contribution in [0.15, 0.2) is 88.8 Å². The predicted molar refractivity (Wildman–Crippen MR) is 135 cm³/mol. The number of methoxy groups -OCH3 is 1. The summed E-state index contributed by atoms with van der Waals surface area (Å²) in [6.45, 7) is 4.48. The zero-order valence-electron chi connectivity index (χ0n) is 18.9. The van der Waals surface area contributed by atoms with E-state index in [2.05, 4.69) is 0 Å². The van der Waals surface area contributed by atoms with E-state index in [0.29, 0.717) is 28.2 Å². The Kier molecular flexibility index (Phi) is 7.15. The largest absolute Gasteiger partial charge is 0.493 e. The van der Waals surface area contributed by atoms with Gasteiger partial charge in [0.25, 0.3) is 5.91 Å². The number of hydrogen-bond acceptors (Lipinski definition) is 5. The lowest BCUT2D eigenvalue weighted by Gasteiger charge is -2.24. The Labute approximate surface area is 198 Å². The third kappa shape index (κ3) is 5.12. The first-order valence-corrected chi connectivity index (χ1v) is 11.6. The van der Waals surface area contributed by atoms with Crippen molar-refractivity contribution in [2.45, 2.75) is 19.9 Å². The standard InChI is InChI=1S/C27H26N2O3S/c1-4-32-24-17-20(15-16-23(24)31-3)18-25-26(30)29(19(2)21-11-7-5-8-12-21)27(33-25)28-22-13-9-6-10-14-22/h5-19H,4H2,1-3H3/b25-18+,28-27?/t19-/m1/s1. The SMILES string of the molecule is CCOc1cc(/C=C2/SC(=Nc3ccccc3)N([C@H](C)c3ccccc3)C2=O)ccc1OC. The quantitative estimate of drug-likeness (QED) is 0.381. The maximum Gasteiger partial charge on any atom is 0.267 e. The number of para-hydroxylation sites is 1. The fraction of sp³-hybridized carbons (Fsp3) is 0.185. The number of carbonyl (C=O) groups is 1. The van der Waals surface area contributed by atoms with Crippen LogP contribution in [0.5, 0.6) is 11.5 Å². The van der Waals surface area contributed by atoms with Gasteiger partial charge in [0, 0.05) is 0 Å². The molecule has 1 fully saturated rings. The van der Waals surface area contributed by atoms with Crippen molar-refractivity contribution >= 4 is 34.6 Å². The molecule has 0 N–H and O–H groups in total. The number of benzene rings is 3. The second-order valence-electron chi connectivity index (χ2n) is 7.45. The van der Waals surface area contributed by atoms with Crippen molar-refractivity contribution in [1.82, 2.24) is 4.90 Å². The van der Waals surface area contributed by atoms with Gasteiger partial charge >= 0.3 is 0 Å². The van der Waals surface area contributed by atoms with Crippen molar-refractivity contribution in [2.75, 3.05) is 13.7 Å². The van der Waals surface area contributed by atoms with Gasteiger partial charge in [-0.25, -0.2) is 4.99 Å². The van der Waals surface area contributed by atoms with E-state index in [4.69, 9.17) is 14.5 Å². The Morgan fingerprint density at radius 3 is 2.36 bits per heavy atom. The highest BCUT2D eigenvalue weighted by Crippen LogP contribution is 2.40. The maximum absolute atomic E-state index is 13.6. The Balaban J connectivity index is 1.73. The van der Waals surface area contributed by atoms with Gasteiger partial charge < -0.3 is 9.47 Å². The van der Waals surface area contributed by atoms with Gasteiger partial charge in [-0.3, -0.25) is 9.69 Å². The summed E-state index contributed by atoms with van der Waals surface area (Å²) in [5.41, 5.74) is 2.72. The molecule has 0 spiro atoms. The molecule has 1 aliphatic rings. The molecule has 3 aromatic rings. The average molecular weight is 459 g/mol. The van der Waals surface area contributed by atoms with E-state index in [9.17, 15) is 4.79 Å². The van der Waals surface area contributed by atoms with Gasteiger partial charge in [0.2, 0.25) is 0 Å². The van der Waals surface area contributed by atoms with Crippen LogP contribution in [0.25, 0.3) is 6.08 Å². The smallest absolute Gasteiger partial charge is 0.267 e. The number of hydrogen-bond donors (Lipinski definition) is 0. The molecule has 168 valence electrons. The summed E-state index contributed by atoms with van der Waals surface area (Å²) in [7, 11) is 1.61. The minimum absolute atomic E-state index is 0.0696. The summed E-state index contributed by atoms with van der Waals surface area (Å²) >= 11 is 1.38. The Morgan fingerprint density at radius 2 is 1.70 bits per heavy atom. The molecule has 0 unspecified atom stereocenters. The van der Waals surface area contributed by atoms with E-state index >= 15 is 0 Å². The van der Waals surface area contributed by atoms with Gasteiger partial charge in [-0.15, -0.1) is 0 Å². The lowest BCUT2D eigenvalue weighted by atomic mass is 10.1. The van der Waals surface area contributed by atoms with Crippen LogP contribution >= 0.6 is 11.8 Å². The molecule has 3 aromatic carbocycles. The van der Waals surface area contributed by atoms with E-state index in [-0.39, 0.29) is 11.9 Å². The molecule has 1 heterocycles. The molecular weight excluding hydrogens is 432 g/mol. The van der Waals surface area contributed by atoms with Crippen LogP contribution in [0.3, 0.4) is 0 Å². The number of amides is 1. The molecule has 1 aliphatic heterocycles. The van der Waals surface area contributed by atoms with E-state index in [1.165, 1.54) is 11.8 Å². The lowest BCUT2D eigenvalue weighted by Crippen LogP contribution is -2.32. The van der Waals surface area contributed by atoms with Crippen LogP contribution in [-0.4, -0.2) is 29.7 Å². The van der Waals surface area contributed by atoms with Crippen molar-refractivity contribution < 1.29 is 14.3 Å². The van der Waals surface area contributed by atoms with Crippen LogP contribution in [0.2, 0.25) is 0 Å². The number of nitrogens with zero attached hydrogens (tertiary/aromatic N) is 2. The molecule has 1 amide bonds. The van der Waals surface area contributed by atoms with E-state index in [1.807, 2.05) is 98.8 Å². The van der Waals surface area contributed by atoms with Crippen LogP contribution in [0.1, 0.15) is 31.0 Å². The van der Waals surface area contributed by atoms with Crippen molar-refractivity contribution in [3.63, 3.8) is 0 Å². The molecule has 0 aromatic heterocycles. The normalized spacial score (nSPS) is 16.9. The summed E-state index contributed by atoms with van der Waals surface area (Å²) in [6.07, 6.45) is 1.88. The third-order valence-corrected chi connectivity index (χ3v) is 6.26. The monoisotopic (exact) mass is 458 g/mol.